The second-order valence-electron chi connectivity index (χ2n) is 5.93. The Morgan fingerprint density at radius 1 is 1.26 bits per heavy atom. The number of hydrogen-bond donors (Lipinski definition) is 2. The third-order valence-electron chi connectivity index (χ3n) is 3.87. The molecule has 0 aromatic rings. The number of hydrogen-bond acceptors (Lipinski definition) is 4. The van der Waals surface area contributed by atoms with Crippen LogP contribution in [-0.2, 0) is 4.79 Å². The summed E-state index contributed by atoms with van der Waals surface area (Å²) in [5.74, 6) is 5.86. The van der Waals surface area contributed by atoms with E-state index in [9.17, 15) is 4.79 Å². The van der Waals surface area contributed by atoms with Crippen molar-refractivity contribution >= 4 is 5.91 Å². The van der Waals surface area contributed by atoms with Crippen LogP contribution in [0.4, 0.5) is 0 Å². The number of rotatable bonds is 8. The number of piperidine rings is 1. The molecule has 0 aliphatic carbocycles. The minimum Gasteiger partial charge on any atom is -0.309 e. The first-order valence-corrected chi connectivity index (χ1v) is 7.48. The first kappa shape index (κ1) is 16.4. The van der Waals surface area contributed by atoms with Gasteiger partial charge in [0, 0.05) is 13.0 Å². The number of carbonyl (C=O) groups excluding carboxylic acids is 1. The van der Waals surface area contributed by atoms with E-state index in [0.29, 0.717) is 6.42 Å². The highest BCUT2D eigenvalue weighted by Gasteiger charge is 2.18. The minimum absolute atomic E-state index is 0.0514. The number of nitrogens with one attached hydrogen (secondary N) is 1. The van der Waals surface area contributed by atoms with Crippen LogP contribution in [0.15, 0.2) is 0 Å². The van der Waals surface area contributed by atoms with E-state index >= 15 is 0 Å². The van der Waals surface area contributed by atoms with Crippen LogP contribution in [0, 0.1) is 5.92 Å². The summed E-state index contributed by atoms with van der Waals surface area (Å²) in [6, 6.07) is 0. The molecule has 0 spiro atoms. The monoisotopic (exact) mass is 270 g/mol. The number of likely N-dealkylation sites (tertiary alicyclic amines) is 1. The topological polar surface area (TPSA) is 61.6 Å². The second kappa shape index (κ2) is 9.28. The molecule has 0 radical (unpaired) electrons. The van der Waals surface area contributed by atoms with Crippen LogP contribution in [0.2, 0.25) is 0 Å². The fourth-order valence-electron chi connectivity index (χ4n) is 2.78. The number of hydrazine groups is 1. The first-order valence-electron chi connectivity index (χ1n) is 7.48. The summed E-state index contributed by atoms with van der Waals surface area (Å²) in [4.78, 5) is 15.8. The van der Waals surface area contributed by atoms with Crippen molar-refractivity contribution in [2.75, 3.05) is 40.3 Å². The van der Waals surface area contributed by atoms with Crippen LogP contribution in [0.3, 0.4) is 0 Å². The Balaban J connectivity index is 1.99. The third-order valence-corrected chi connectivity index (χ3v) is 3.87. The molecule has 3 N–H and O–H groups in total. The number of amides is 1. The van der Waals surface area contributed by atoms with Gasteiger partial charge in [0.1, 0.15) is 0 Å². The highest BCUT2D eigenvalue weighted by atomic mass is 16.2. The zero-order chi connectivity index (χ0) is 14.1. The maximum absolute atomic E-state index is 11.0. The maximum atomic E-state index is 11.0. The number of nitrogens with zero attached hydrogens (tertiary/aromatic N) is 2. The Labute approximate surface area is 117 Å². The van der Waals surface area contributed by atoms with Crippen LogP contribution in [-0.4, -0.2) is 56.0 Å². The second-order valence-corrected chi connectivity index (χ2v) is 5.93. The lowest BCUT2D eigenvalue weighted by molar-refractivity contribution is -0.121. The SMILES string of the molecule is CN(C)CC1CCN(CCCCCC(=O)NN)CC1. The molecule has 1 aliphatic heterocycles. The van der Waals surface area contributed by atoms with Gasteiger partial charge in [-0.1, -0.05) is 6.42 Å². The van der Waals surface area contributed by atoms with Crippen LogP contribution >= 0.6 is 0 Å². The van der Waals surface area contributed by atoms with Gasteiger partial charge in [-0.05, 0) is 65.3 Å². The summed E-state index contributed by atoms with van der Waals surface area (Å²) in [7, 11) is 4.31. The van der Waals surface area contributed by atoms with E-state index in [1.807, 2.05) is 0 Å². The molecule has 1 fully saturated rings. The quantitative estimate of drug-likeness (QED) is 0.296. The Kier molecular flexibility index (Phi) is 8.02. The van der Waals surface area contributed by atoms with Crippen molar-refractivity contribution in [3.05, 3.63) is 0 Å². The lowest BCUT2D eigenvalue weighted by Gasteiger charge is -2.33. The molecule has 1 amide bonds. The van der Waals surface area contributed by atoms with Gasteiger partial charge in [0.15, 0.2) is 0 Å². The summed E-state index contributed by atoms with van der Waals surface area (Å²) in [6.45, 7) is 4.88. The lowest BCUT2D eigenvalue weighted by Crippen LogP contribution is -2.37. The maximum Gasteiger partial charge on any atom is 0.233 e. The van der Waals surface area contributed by atoms with Crippen molar-refractivity contribution in [3.8, 4) is 0 Å². The average Bonchev–Trinajstić information content (AvgIpc) is 2.39. The minimum atomic E-state index is -0.0514. The van der Waals surface area contributed by atoms with Gasteiger partial charge in [-0.2, -0.15) is 0 Å². The first-order chi connectivity index (χ1) is 9.11. The van der Waals surface area contributed by atoms with E-state index in [1.54, 1.807) is 0 Å². The van der Waals surface area contributed by atoms with Crippen molar-refractivity contribution in [2.24, 2.45) is 11.8 Å². The summed E-state index contributed by atoms with van der Waals surface area (Å²) >= 11 is 0. The molecular weight excluding hydrogens is 240 g/mol. The van der Waals surface area contributed by atoms with E-state index in [2.05, 4.69) is 29.3 Å². The Morgan fingerprint density at radius 2 is 1.95 bits per heavy atom. The number of carbonyl (C=O) groups is 1. The van der Waals surface area contributed by atoms with E-state index < -0.39 is 0 Å². The predicted octanol–water partition coefficient (Wildman–Crippen LogP) is 0.810. The number of unbranched alkanes of at least 4 members (excludes halogenated alkanes) is 2. The molecule has 1 rings (SSSR count). The molecule has 112 valence electrons. The zero-order valence-electron chi connectivity index (χ0n) is 12.5. The molecule has 0 saturated carbocycles. The standard InChI is InChI=1S/C14H30N4O/c1-17(2)12-13-7-10-18(11-8-13)9-5-3-4-6-14(19)16-15/h13H,3-12,15H2,1-2H3,(H,16,19). The van der Waals surface area contributed by atoms with Gasteiger partial charge in [0.2, 0.25) is 5.91 Å². The largest absolute Gasteiger partial charge is 0.309 e. The van der Waals surface area contributed by atoms with Crippen LogP contribution in [0.5, 0.6) is 0 Å². The van der Waals surface area contributed by atoms with Crippen molar-refractivity contribution in [1.29, 1.82) is 0 Å². The summed E-state index contributed by atoms with van der Waals surface area (Å²) in [6.07, 6.45) is 6.46. The van der Waals surface area contributed by atoms with Crippen LogP contribution < -0.4 is 11.3 Å². The summed E-state index contributed by atoms with van der Waals surface area (Å²) in [5, 5.41) is 0. The van der Waals surface area contributed by atoms with E-state index in [1.165, 1.54) is 45.4 Å². The Hall–Kier alpha value is -0.650. The lowest BCUT2D eigenvalue weighted by atomic mass is 9.96. The van der Waals surface area contributed by atoms with Gasteiger partial charge in [-0.15, -0.1) is 0 Å². The highest BCUT2D eigenvalue weighted by Crippen LogP contribution is 2.18. The Bertz CT molecular complexity index is 250. The van der Waals surface area contributed by atoms with Crippen LogP contribution in [0.25, 0.3) is 0 Å². The van der Waals surface area contributed by atoms with Gasteiger partial charge in [-0.3, -0.25) is 10.2 Å². The normalized spacial score (nSPS) is 17.9. The molecule has 19 heavy (non-hydrogen) atoms. The molecule has 0 unspecified atom stereocenters. The fraction of sp³-hybridized carbons (Fsp3) is 0.929. The molecule has 5 nitrogen and oxygen atoms in total. The molecule has 0 aromatic heterocycles. The zero-order valence-corrected chi connectivity index (χ0v) is 12.5. The van der Waals surface area contributed by atoms with E-state index in [4.69, 9.17) is 5.84 Å². The molecule has 1 aliphatic rings. The summed E-state index contributed by atoms with van der Waals surface area (Å²) < 4.78 is 0. The third kappa shape index (κ3) is 7.50. The molecule has 0 aromatic carbocycles. The highest BCUT2D eigenvalue weighted by molar-refractivity contribution is 5.74. The number of nitrogens with two attached hydrogens (primary N) is 1. The van der Waals surface area contributed by atoms with E-state index in [0.717, 1.165) is 18.8 Å². The van der Waals surface area contributed by atoms with Crippen molar-refractivity contribution in [3.63, 3.8) is 0 Å². The van der Waals surface area contributed by atoms with Gasteiger partial charge in [0.25, 0.3) is 0 Å². The molecule has 5 heteroatoms. The molecule has 0 atom stereocenters. The summed E-state index contributed by atoms with van der Waals surface area (Å²) in [5.41, 5.74) is 2.17. The van der Waals surface area contributed by atoms with Crippen molar-refractivity contribution in [1.82, 2.24) is 15.2 Å². The van der Waals surface area contributed by atoms with Crippen molar-refractivity contribution < 1.29 is 4.79 Å². The molecular formula is C14H30N4O. The van der Waals surface area contributed by atoms with Gasteiger partial charge >= 0.3 is 0 Å². The molecule has 1 heterocycles. The van der Waals surface area contributed by atoms with Gasteiger partial charge < -0.3 is 9.80 Å². The fourth-order valence-corrected chi connectivity index (χ4v) is 2.78. The predicted molar refractivity (Wildman–Crippen MR) is 78.5 cm³/mol. The van der Waals surface area contributed by atoms with Crippen molar-refractivity contribution in [2.45, 2.75) is 38.5 Å². The Morgan fingerprint density at radius 3 is 2.53 bits per heavy atom. The smallest absolute Gasteiger partial charge is 0.233 e. The molecule has 1 saturated heterocycles. The van der Waals surface area contributed by atoms with Crippen LogP contribution in [0.1, 0.15) is 38.5 Å². The van der Waals surface area contributed by atoms with E-state index in [-0.39, 0.29) is 5.91 Å². The van der Waals surface area contributed by atoms with Gasteiger partial charge in [0.05, 0.1) is 0 Å². The van der Waals surface area contributed by atoms with Gasteiger partial charge in [-0.25, -0.2) is 5.84 Å². The molecule has 0 bridgehead atoms. The average molecular weight is 270 g/mol.